The second-order valence-electron chi connectivity index (χ2n) is 7.75. The van der Waals surface area contributed by atoms with Crippen molar-refractivity contribution >= 4 is 22.5 Å². The topological polar surface area (TPSA) is 15.8 Å². The molecule has 0 aliphatic carbocycles. The summed E-state index contributed by atoms with van der Waals surface area (Å²) in [7, 11) is 0. The van der Waals surface area contributed by atoms with Gasteiger partial charge in [0, 0.05) is 22.5 Å². The van der Waals surface area contributed by atoms with Crippen LogP contribution in [0.3, 0.4) is 0 Å². The van der Waals surface area contributed by atoms with Gasteiger partial charge in [0.25, 0.3) is 0 Å². The molecule has 0 bridgehead atoms. The molecule has 0 spiro atoms. The average molecular weight is 406 g/mol. The van der Waals surface area contributed by atoms with Crippen LogP contribution in [0.25, 0.3) is 10.9 Å². The van der Waals surface area contributed by atoms with E-state index in [1.54, 1.807) is 6.07 Å². The first-order valence-corrected chi connectivity index (χ1v) is 10.5. The minimum Gasteiger partial charge on any atom is -0.358 e. The highest BCUT2D eigenvalue weighted by molar-refractivity contribution is 6.30. The molecule has 0 aliphatic heterocycles. The molecule has 4 aromatic rings. The Bertz CT molecular complexity index is 1100. The lowest BCUT2D eigenvalue weighted by Gasteiger charge is -2.28. The van der Waals surface area contributed by atoms with E-state index in [-0.39, 0.29) is 17.7 Å². The van der Waals surface area contributed by atoms with Crippen LogP contribution < -0.4 is 0 Å². The Kier molecular flexibility index (Phi) is 5.73. The van der Waals surface area contributed by atoms with Gasteiger partial charge in [-0.25, -0.2) is 4.39 Å². The van der Waals surface area contributed by atoms with E-state index in [1.807, 2.05) is 31.3 Å². The van der Waals surface area contributed by atoms with Crippen molar-refractivity contribution in [2.75, 3.05) is 0 Å². The maximum atomic E-state index is 14.6. The van der Waals surface area contributed by atoms with Crippen molar-refractivity contribution in [3.63, 3.8) is 0 Å². The van der Waals surface area contributed by atoms with Gasteiger partial charge in [0.1, 0.15) is 5.82 Å². The molecule has 29 heavy (non-hydrogen) atoms. The summed E-state index contributed by atoms with van der Waals surface area (Å²) in [4.78, 5) is 3.19. The number of hydrogen-bond acceptors (Lipinski definition) is 0. The Hall–Kier alpha value is -2.58. The van der Waals surface area contributed by atoms with E-state index in [0.29, 0.717) is 5.52 Å². The molecule has 0 saturated carbocycles. The fraction of sp³-hybridized carbons (Fsp3) is 0.231. The largest absolute Gasteiger partial charge is 0.358 e. The molecule has 1 N–H and O–H groups in total. The number of aryl methyl sites for hydroxylation is 1. The minimum atomic E-state index is -0.201. The monoisotopic (exact) mass is 405 g/mol. The molecule has 0 fully saturated rings. The lowest BCUT2D eigenvalue weighted by atomic mass is 9.75. The van der Waals surface area contributed by atoms with Crippen LogP contribution in [0.5, 0.6) is 0 Å². The third kappa shape index (κ3) is 3.95. The van der Waals surface area contributed by atoms with Gasteiger partial charge in [0.15, 0.2) is 0 Å². The Morgan fingerprint density at radius 2 is 1.69 bits per heavy atom. The molecule has 1 nitrogen and oxygen atoms in total. The molecule has 1 heterocycles. The van der Waals surface area contributed by atoms with Crippen LogP contribution in [0.15, 0.2) is 72.9 Å². The van der Waals surface area contributed by atoms with Gasteiger partial charge in [0.2, 0.25) is 0 Å². The van der Waals surface area contributed by atoms with Crippen molar-refractivity contribution in [2.45, 2.75) is 38.5 Å². The van der Waals surface area contributed by atoms with Crippen LogP contribution in [0, 0.1) is 12.7 Å². The first-order chi connectivity index (χ1) is 14.1. The van der Waals surface area contributed by atoms with E-state index in [0.717, 1.165) is 34.4 Å². The molecule has 0 aliphatic rings. The summed E-state index contributed by atoms with van der Waals surface area (Å²) in [6, 6.07) is 22.4. The molecule has 2 atom stereocenters. The number of nitrogens with one attached hydrogen (secondary N) is 1. The van der Waals surface area contributed by atoms with Crippen LogP contribution in [0.4, 0.5) is 4.39 Å². The molecule has 1 aromatic heterocycles. The Balaban J connectivity index is 1.95. The quantitative estimate of drug-likeness (QED) is 0.334. The smallest absolute Gasteiger partial charge is 0.147 e. The van der Waals surface area contributed by atoms with Crippen molar-refractivity contribution < 1.29 is 4.39 Å². The molecular formula is C26H25ClFN. The number of H-pyrrole nitrogens is 1. The van der Waals surface area contributed by atoms with Crippen LogP contribution >= 0.6 is 11.6 Å². The maximum Gasteiger partial charge on any atom is 0.147 e. The average Bonchev–Trinajstić information content (AvgIpc) is 3.13. The fourth-order valence-corrected chi connectivity index (χ4v) is 4.56. The van der Waals surface area contributed by atoms with Gasteiger partial charge in [-0.2, -0.15) is 0 Å². The molecule has 0 unspecified atom stereocenters. The van der Waals surface area contributed by atoms with Crippen molar-refractivity contribution in [3.05, 3.63) is 106 Å². The fourth-order valence-electron chi connectivity index (χ4n) is 4.44. The SMILES string of the molecule is CCC[C@H](c1ccccc1)[C@H](c1ccc(Cl)cc1)c1c[nH]c2c(F)cc(C)cc12. The number of aromatic amines is 1. The van der Waals surface area contributed by atoms with E-state index in [2.05, 4.69) is 54.4 Å². The highest BCUT2D eigenvalue weighted by Crippen LogP contribution is 2.44. The summed E-state index contributed by atoms with van der Waals surface area (Å²) in [5.74, 6) is 0.183. The molecule has 3 heteroatoms. The third-order valence-electron chi connectivity index (χ3n) is 5.71. The second kappa shape index (κ2) is 8.42. The number of halogens is 2. The Morgan fingerprint density at radius 1 is 0.966 bits per heavy atom. The van der Waals surface area contributed by atoms with Crippen LogP contribution in [0.1, 0.15) is 53.9 Å². The summed E-state index contributed by atoms with van der Waals surface area (Å²) in [6.45, 7) is 4.16. The highest BCUT2D eigenvalue weighted by Gasteiger charge is 2.28. The van der Waals surface area contributed by atoms with E-state index in [9.17, 15) is 4.39 Å². The third-order valence-corrected chi connectivity index (χ3v) is 5.96. The molecule has 4 rings (SSSR count). The number of rotatable bonds is 6. The molecule has 0 saturated heterocycles. The van der Waals surface area contributed by atoms with E-state index in [4.69, 9.17) is 11.6 Å². The number of aromatic nitrogens is 1. The predicted molar refractivity (Wildman–Crippen MR) is 120 cm³/mol. The maximum absolute atomic E-state index is 14.6. The van der Waals surface area contributed by atoms with E-state index < -0.39 is 0 Å². The number of hydrogen-bond donors (Lipinski definition) is 1. The van der Waals surface area contributed by atoms with Gasteiger partial charge in [0.05, 0.1) is 5.52 Å². The van der Waals surface area contributed by atoms with E-state index >= 15 is 0 Å². The predicted octanol–water partition coefficient (Wildman–Crippen LogP) is 7.98. The Labute approximate surface area is 176 Å². The zero-order valence-electron chi connectivity index (χ0n) is 16.8. The summed E-state index contributed by atoms with van der Waals surface area (Å²) >= 11 is 6.18. The van der Waals surface area contributed by atoms with Gasteiger partial charge in [-0.1, -0.05) is 67.4 Å². The minimum absolute atomic E-state index is 0.101. The summed E-state index contributed by atoms with van der Waals surface area (Å²) in [6.07, 6.45) is 4.09. The standard InChI is InChI=1S/C26H25ClFN/c1-3-7-21(18-8-5-4-6-9-18)25(19-10-12-20(27)13-11-19)23-16-29-26-22(23)14-17(2)15-24(26)28/h4-6,8-16,21,25,29H,3,7H2,1-2H3/t21-,25+/m1/s1. The zero-order chi connectivity index (χ0) is 20.4. The van der Waals surface area contributed by atoms with Gasteiger partial charge >= 0.3 is 0 Å². The normalized spacial score (nSPS) is 13.5. The van der Waals surface area contributed by atoms with Gasteiger partial charge in [-0.05, 0) is 65.8 Å². The van der Waals surface area contributed by atoms with E-state index in [1.165, 1.54) is 11.1 Å². The molecule has 148 valence electrons. The molecule has 0 amide bonds. The van der Waals surface area contributed by atoms with Crippen LogP contribution in [-0.2, 0) is 0 Å². The summed E-state index contributed by atoms with van der Waals surface area (Å²) < 4.78 is 14.6. The summed E-state index contributed by atoms with van der Waals surface area (Å²) in [5, 5.41) is 1.68. The Morgan fingerprint density at radius 3 is 2.38 bits per heavy atom. The first kappa shape index (κ1) is 19.7. The molecule has 0 radical (unpaired) electrons. The lowest BCUT2D eigenvalue weighted by molar-refractivity contribution is 0.553. The van der Waals surface area contributed by atoms with Crippen LogP contribution in [-0.4, -0.2) is 4.98 Å². The first-order valence-electron chi connectivity index (χ1n) is 10.2. The summed E-state index contributed by atoms with van der Waals surface area (Å²) in [5.41, 5.74) is 5.13. The highest BCUT2D eigenvalue weighted by atomic mass is 35.5. The zero-order valence-corrected chi connectivity index (χ0v) is 17.5. The van der Waals surface area contributed by atoms with Crippen molar-refractivity contribution in [1.82, 2.24) is 4.98 Å². The van der Waals surface area contributed by atoms with Crippen molar-refractivity contribution in [2.24, 2.45) is 0 Å². The second-order valence-corrected chi connectivity index (χ2v) is 8.18. The van der Waals surface area contributed by atoms with Gasteiger partial charge in [-0.3, -0.25) is 0 Å². The van der Waals surface area contributed by atoms with Crippen LogP contribution in [0.2, 0.25) is 5.02 Å². The number of benzene rings is 3. The van der Waals surface area contributed by atoms with Gasteiger partial charge < -0.3 is 4.98 Å². The van der Waals surface area contributed by atoms with Gasteiger partial charge in [-0.15, -0.1) is 0 Å². The van der Waals surface area contributed by atoms with Crippen molar-refractivity contribution in [1.29, 1.82) is 0 Å². The molecular weight excluding hydrogens is 381 g/mol. The lowest BCUT2D eigenvalue weighted by Crippen LogP contribution is -2.13. The number of fused-ring (bicyclic) bond motifs is 1. The van der Waals surface area contributed by atoms with Crippen molar-refractivity contribution in [3.8, 4) is 0 Å². The molecule has 3 aromatic carbocycles.